The number of carbonyl (C=O) groups is 2. The van der Waals surface area contributed by atoms with Gasteiger partial charge >= 0.3 is 11.9 Å². The molecule has 10 nitrogen and oxygen atoms in total. The zero-order chi connectivity index (χ0) is 21.8. The average Bonchev–Trinajstić information content (AvgIpc) is 3.00. The molecule has 0 unspecified atom stereocenters. The normalized spacial score (nSPS) is 10.9. The van der Waals surface area contributed by atoms with Crippen LogP contribution in [0.25, 0.3) is 11.1 Å². The van der Waals surface area contributed by atoms with Crippen molar-refractivity contribution in [3.63, 3.8) is 0 Å². The van der Waals surface area contributed by atoms with Crippen molar-refractivity contribution in [3.05, 3.63) is 34.6 Å². The summed E-state index contributed by atoms with van der Waals surface area (Å²) in [5.74, 6) is -0.479. The number of fused-ring (bicyclic) bond motifs is 1. The van der Waals surface area contributed by atoms with Crippen molar-refractivity contribution < 1.29 is 23.5 Å². The molecule has 3 rings (SSSR count). The molecule has 3 aromatic rings. The lowest BCUT2D eigenvalue weighted by Crippen LogP contribution is -2.11. The SMILES string of the molecule is CCOC(=O)c1c(C)oc2nc(COC(=O)CSc3nc(C)cc(C)n3)nc(N)c12. The maximum atomic E-state index is 12.1. The Morgan fingerprint density at radius 3 is 2.47 bits per heavy atom. The Labute approximate surface area is 176 Å². The van der Waals surface area contributed by atoms with Gasteiger partial charge in [0.05, 0.1) is 17.7 Å². The number of nitrogens with two attached hydrogens (primary N) is 1. The number of hydrogen-bond donors (Lipinski definition) is 1. The predicted octanol–water partition coefficient (Wildman–Crippen LogP) is 2.53. The summed E-state index contributed by atoms with van der Waals surface area (Å²) in [5.41, 5.74) is 7.97. The van der Waals surface area contributed by atoms with Crippen molar-refractivity contribution in [2.24, 2.45) is 0 Å². The van der Waals surface area contributed by atoms with Crippen LogP contribution in [0.15, 0.2) is 15.6 Å². The van der Waals surface area contributed by atoms with Crippen LogP contribution in [0.4, 0.5) is 5.82 Å². The third-order valence-electron chi connectivity index (χ3n) is 3.92. The summed E-state index contributed by atoms with van der Waals surface area (Å²) < 4.78 is 15.8. The molecule has 0 aliphatic rings. The first kappa shape index (κ1) is 21.5. The van der Waals surface area contributed by atoms with Crippen molar-refractivity contribution in [1.82, 2.24) is 19.9 Å². The topological polar surface area (TPSA) is 143 Å². The number of esters is 2. The summed E-state index contributed by atoms with van der Waals surface area (Å²) in [6, 6.07) is 1.85. The van der Waals surface area contributed by atoms with Crippen molar-refractivity contribution >= 4 is 40.6 Å². The average molecular weight is 431 g/mol. The second kappa shape index (κ2) is 9.08. The number of ether oxygens (including phenoxy) is 2. The zero-order valence-electron chi connectivity index (χ0n) is 17.0. The molecule has 158 valence electrons. The van der Waals surface area contributed by atoms with Crippen LogP contribution in [-0.4, -0.2) is 44.2 Å². The highest BCUT2D eigenvalue weighted by atomic mass is 32.2. The van der Waals surface area contributed by atoms with Gasteiger partial charge in [-0.25, -0.2) is 19.7 Å². The summed E-state index contributed by atoms with van der Waals surface area (Å²) >= 11 is 1.18. The molecule has 0 aliphatic carbocycles. The Bertz CT molecular complexity index is 1090. The molecule has 0 saturated heterocycles. The minimum absolute atomic E-state index is 0.0352. The van der Waals surface area contributed by atoms with Gasteiger partial charge in [-0.15, -0.1) is 0 Å². The smallest absolute Gasteiger partial charge is 0.342 e. The Kier molecular flexibility index (Phi) is 6.50. The highest BCUT2D eigenvalue weighted by Gasteiger charge is 2.24. The van der Waals surface area contributed by atoms with E-state index in [0.29, 0.717) is 10.9 Å². The number of rotatable bonds is 7. The van der Waals surface area contributed by atoms with Crippen LogP contribution >= 0.6 is 11.8 Å². The Balaban J connectivity index is 1.67. The summed E-state index contributed by atoms with van der Waals surface area (Å²) in [6.45, 7) is 7.05. The Morgan fingerprint density at radius 1 is 1.10 bits per heavy atom. The van der Waals surface area contributed by atoms with Crippen LogP contribution in [0.1, 0.15) is 40.3 Å². The van der Waals surface area contributed by atoms with E-state index in [2.05, 4.69) is 19.9 Å². The van der Waals surface area contributed by atoms with E-state index < -0.39 is 11.9 Å². The molecule has 2 N–H and O–H groups in total. The summed E-state index contributed by atoms with van der Waals surface area (Å²) in [6.07, 6.45) is 0. The lowest BCUT2D eigenvalue weighted by molar-refractivity contribution is -0.141. The lowest BCUT2D eigenvalue weighted by atomic mass is 10.2. The van der Waals surface area contributed by atoms with Gasteiger partial charge in [0.2, 0.25) is 5.71 Å². The minimum atomic E-state index is -0.561. The third-order valence-corrected chi connectivity index (χ3v) is 4.75. The second-order valence-electron chi connectivity index (χ2n) is 6.34. The van der Waals surface area contributed by atoms with E-state index in [1.807, 2.05) is 19.9 Å². The first-order valence-corrected chi connectivity index (χ1v) is 10.1. The third kappa shape index (κ3) is 4.85. The first-order valence-electron chi connectivity index (χ1n) is 9.11. The monoisotopic (exact) mass is 431 g/mol. The van der Waals surface area contributed by atoms with Gasteiger partial charge in [0.25, 0.3) is 0 Å². The van der Waals surface area contributed by atoms with Gasteiger partial charge in [-0.1, -0.05) is 11.8 Å². The molecular weight excluding hydrogens is 410 g/mol. The molecule has 3 aromatic heterocycles. The molecule has 11 heteroatoms. The minimum Gasteiger partial charge on any atom is -0.462 e. The van der Waals surface area contributed by atoms with Crippen molar-refractivity contribution in [2.75, 3.05) is 18.1 Å². The number of anilines is 1. The highest BCUT2D eigenvalue weighted by Crippen LogP contribution is 2.29. The van der Waals surface area contributed by atoms with Crippen LogP contribution < -0.4 is 5.73 Å². The number of thioether (sulfide) groups is 1. The molecule has 0 spiro atoms. The van der Waals surface area contributed by atoms with Gasteiger partial charge in [0, 0.05) is 11.4 Å². The van der Waals surface area contributed by atoms with Gasteiger partial charge in [-0.3, -0.25) is 4.79 Å². The molecule has 0 aromatic carbocycles. The number of hydrogen-bond acceptors (Lipinski definition) is 11. The van der Waals surface area contributed by atoms with Crippen LogP contribution in [-0.2, 0) is 20.9 Å². The maximum Gasteiger partial charge on any atom is 0.342 e. The van der Waals surface area contributed by atoms with Gasteiger partial charge < -0.3 is 19.6 Å². The molecule has 0 bridgehead atoms. The van der Waals surface area contributed by atoms with E-state index in [0.717, 1.165) is 11.4 Å². The number of nitrogens with zero attached hydrogens (tertiary/aromatic N) is 4. The maximum absolute atomic E-state index is 12.1. The first-order chi connectivity index (χ1) is 14.3. The van der Waals surface area contributed by atoms with E-state index in [4.69, 9.17) is 19.6 Å². The van der Waals surface area contributed by atoms with Crippen molar-refractivity contribution in [2.45, 2.75) is 39.5 Å². The van der Waals surface area contributed by atoms with Crippen molar-refractivity contribution in [3.8, 4) is 0 Å². The van der Waals surface area contributed by atoms with E-state index in [1.165, 1.54) is 11.8 Å². The Morgan fingerprint density at radius 2 is 1.80 bits per heavy atom. The number of aryl methyl sites for hydroxylation is 3. The van der Waals surface area contributed by atoms with E-state index in [1.54, 1.807) is 13.8 Å². The van der Waals surface area contributed by atoms with Crippen molar-refractivity contribution in [1.29, 1.82) is 0 Å². The molecule has 3 heterocycles. The number of carbonyl (C=O) groups excluding carboxylic acids is 2. The van der Waals surface area contributed by atoms with E-state index >= 15 is 0 Å². The molecule has 0 atom stereocenters. The fourth-order valence-corrected chi connectivity index (χ4v) is 3.51. The fraction of sp³-hybridized carbons (Fsp3) is 0.368. The molecular formula is C19H21N5O5S. The molecule has 30 heavy (non-hydrogen) atoms. The van der Waals surface area contributed by atoms with Gasteiger partial charge in [0.15, 0.2) is 17.6 Å². The highest BCUT2D eigenvalue weighted by molar-refractivity contribution is 7.99. The quantitative estimate of drug-likeness (QED) is 0.335. The van der Waals surface area contributed by atoms with Crippen LogP contribution in [0.2, 0.25) is 0 Å². The summed E-state index contributed by atoms with van der Waals surface area (Å²) in [4.78, 5) is 41.0. The molecule has 0 amide bonds. The van der Waals surface area contributed by atoms with Crippen LogP contribution in [0.5, 0.6) is 0 Å². The van der Waals surface area contributed by atoms with Crippen LogP contribution in [0, 0.1) is 20.8 Å². The Hall–Kier alpha value is -3.21. The van der Waals surface area contributed by atoms with E-state index in [9.17, 15) is 9.59 Å². The fourth-order valence-electron chi connectivity index (χ4n) is 2.77. The number of aromatic nitrogens is 4. The number of nitrogen functional groups attached to an aromatic ring is 1. The summed E-state index contributed by atoms with van der Waals surface area (Å²) in [5, 5.41) is 0.785. The zero-order valence-corrected chi connectivity index (χ0v) is 17.8. The lowest BCUT2D eigenvalue weighted by Gasteiger charge is -2.06. The molecule has 0 radical (unpaired) electrons. The molecule has 0 saturated carbocycles. The van der Waals surface area contributed by atoms with Crippen LogP contribution in [0.3, 0.4) is 0 Å². The van der Waals surface area contributed by atoms with Gasteiger partial charge in [0.1, 0.15) is 17.1 Å². The summed E-state index contributed by atoms with van der Waals surface area (Å²) in [7, 11) is 0. The largest absolute Gasteiger partial charge is 0.462 e. The standard InChI is InChI=1S/C19H21N5O5S/c1-5-27-18(26)14-11(4)29-17-15(14)16(20)23-12(24-17)7-28-13(25)8-30-19-21-9(2)6-10(3)22-19/h6H,5,7-8H2,1-4H3,(H2,20,23,24). The second-order valence-corrected chi connectivity index (χ2v) is 7.28. The van der Waals surface area contributed by atoms with Gasteiger partial charge in [-0.05, 0) is 33.8 Å². The van der Waals surface area contributed by atoms with Gasteiger partial charge in [-0.2, -0.15) is 4.98 Å². The molecule has 0 fully saturated rings. The predicted molar refractivity (Wildman–Crippen MR) is 109 cm³/mol. The molecule has 0 aliphatic heterocycles. The van der Waals surface area contributed by atoms with E-state index in [-0.39, 0.29) is 47.3 Å². The number of furan rings is 1.